The van der Waals surface area contributed by atoms with Gasteiger partial charge >= 0.3 is 5.69 Å². The zero-order valence-electron chi connectivity index (χ0n) is 33.1. The first kappa shape index (κ1) is 34.3. The van der Waals surface area contributed by atoms with Crippen molar-refractivity contribution in [3.63, 3.8) is 0 Å². The third-order valence-electron chi connectivity index (χ3n) is 12.3. The van der Waals surface area contributed by atoms with Gasteiger partial charge in [0.15, 0.2) is 0 Å². The van der Waals surface area contributed by atoms with Crippen molar-refractivity contribution in [3.05, 3.63) is 211 Å². The molecule has 290 valence electrons. The largest absolute Gasteiger partial charge is 0.456 e. The number of aromatic nitrogens is 5. The van der Waals surface area contributed by atoms with Crippen LogP contribution in [-0.4, -0.2) is 23.5 Å². The second-order valence-corrected chi connectivity index (χ2v) is 15.8. The fourth-order valence-corrected chi connectivity index (χ4v) is 9.50. The van der Waals surface area contributed by atoms with Crippen LogP contribution in [0.1, 0.15) is 0 Å². The van der Waals surface area contributed by atoms with Crippen LogP contribution >= 0.6 is 0 Å². The number of para-hydroxylation sites is 4. The minimum atomic E-state index is -0.417. The van der Waals surface area contributed by atoms with Gasteiger partial charge in [-0.05, 0) is 107 Å². The number of hydrogen-bond donors (Lipinski definition) is 0. The molecule has 0 atom stereocenters. The van der Waals surface area contributed by atoms with Gasteiger partial charge in [0.25, 0.3) is 0 Å². The van der Waals surface area contributed by atoms with Crippen LogP contribution in [0.4, 0.5) is 0 Å². The van der Waals surface area contributed by atoms with E-state index in [-0.39, 0.29) is 0 Å². The average molecular weight is 796 g/mol. The molecule has 0 fully saturated rings. The predicted octanol–water partition coefficient (Wildman–Crippen LogP) is 13.2. The molecule has 0 unspecified atom stereocenters. The molecule has 8 aromatic carbocycles. The first-order chi connectivity index (χ1) is 30.6. The maximum atomic E-state index is 14.6. The molecule has 0 spiro atoms. The summed E-state index contributed by atoms with van der Waals surface area (Å²) in [5, 5.41) is 6.47. The number of benzene rings is 8. The van der Waals surface area contributed by atoms with Gasteiger partial charge in [-0.1, -0.05) is 121 Å². The van der Waals surface area contributed by atoms with Crippen LogP contribution in [-0.2, 0) is 0 Å². The highest BCUT2D eigenvalue weighted by Crippen LogP contribution is 2.39. The number of furan rings is 1. The summed E-state index contributed by atoms with van der Waals surface area (Å²) in [7, 11) is 0. The first-order valence-corrected chi connectivity index (χ1v) is 20.7. The van der Waals surface area contributed by atoms with Crippen LogP contribution in [0.15, 0.2) is 209 Å². The van der Waals surface area contributed by atoms with Gasteiger partial charge in [0, 0.05) is 38.0 Å². The van der Waals surface area contributed by atoms with Gasteiger partial charge < -0.3 is 8.98 Å². The SMILES string of the molecule is O=c1nc(-n2c3ccccc3c3ccc(-c4ccc5c(c4)c4ccccc4n5-c4ccccc4)cc32)nc2cc(-c3ccccc3)cc(-c3ccc4oc5ccccc5c4c3)n12. The molecule has 0 aliphatic heterocycles. The topological polar surface area (TPSA) is 70.3 Å². The summed E-state index contributed by atoms with van der Waals surface area (Å²) >= 11 is 0. The minimum absolute atomic E-state index is 0.312. The average Bonchev–Trinajstić information content (AvgIpc) is 3.98. The highest BCUT2D eigenvalue weighted by Gasteiger charge is 2.20. The zero-order chi connectivity index (χ0) is 40.9. The maximum absolute atomic E-state index is 14.6. The second kappa shape index (κ2) is 13.2. The van der Waals surface area contributed by atoms with Crippen LogP contribution < -0.4 is 5.69 Å². The lowest BCUT2D eigenvalue weighted by molar-refractivity contribution is 0.669. The lowest BCUT2D eigenvalue weighted by atomic mass is 10.0. The summed E-state index contributed by atoms with van der Waals surface area (Å²) in [4.78, 5) is 24.7. The fraction of sp³-hybridized carbons (Fsp3) is 0. The lowest BCUT2D eigenvalue weighted by Gasteiger charge is -2.14. The summed E-state index contributed by atoms with van der Waals surface area (Å²) in [6.07, 6.45) is 0. The van der Waals surface area contributed by atoms with Crippen LogP contribution in [0.5, 0.6) is 0 Å². The molecule has 0 saturated heterocycles. The fourth-order valence-electron chi connectivity index (χ4n) is 9.50. The Balaban J connectivity index is 1.02. The lowest BCUT2D eigenvalue weighted by Crippen LogP contribution is -2.23. The third kappa shape index (κ3) is 5.15. The molecule has 13 aromatic rings. The van der Waals surface area contributed by atoms with Gasteiger partial charge in [-0.25, -0.2) is 9.20 Å². The molecule has 7 nitrogen and oxygen atoms in total. The van der Waals surface area contributed by atoms with Crippen molar-refractivity contribution in [2.75, 3.05) is 0 Å². The molecule has 0 N–H and O–H groups in total. The molecular formula is C55H33N5O2. The van der Waals surface area contributed by atoms with Gasteiger partial charge in [0.05, 0.1) is 27.8 Å². The monoisotopic (exact) mass is 795 g/mol. The van der Waals surface area contributed by atoms with Crippen molar-refractivity contribution in [3.8, 4) is 45.1 Å². The quantitative estimate of drug-likeness (QED) is 0.174. The molecule has 0 bridgehead atoms. The Hall–Kier alpha value is -8.55. The van der Waals surface area contributed by atoms with E-state index in [1.165, 1.54) is 10.8 Å². The Kier molecular flexibility index (Phi) is 7.32. The van der Waals surface area contributed by atoms with Crippen molar-refractivity contribution >= 4 is 71.2 Å². The van der Waals surface area contributed by atoms with Crippen molar-refractivity contribution in [2.24, 2.45) is 0 Å². The highest BCUT2D eigenvalue weighted by atomic mass is 16.3. The smallest absolute Gasteiger partial charge is 0.357 e. The van der Waals surface area contributed by atoms with E-state index in [4.69, 9.17) is 14.4 Å². The minimum Gasteiger partial charge on any atom is -0.456 e. The Morgan fingerprint density at radius 3 is 1.79 bits per heavy atom. The van der Waals surface area contributed by atoms with E-state index in [0.29, 0.717) is 17.3 Å². The maximum Gasteiger partial charge on any atom is 0.357 e. The molecule has 0 amide bonds. The number of pyridine rings is 1. The Morgan fingerprint density at radius 2 is 0.968 bits per heavy atom. The van der Waals surface area contributed by atoms with E-state index in [1.807, 2.05) is 71.3 Å². The van der Waals surface area contributed by atoms with E-state index < -0.39 is 5.69 Å². The molecule has 0 radical (unpaired) electrons. The van der Waals surface area contributed by atoms with E-state index in [1.54, 1.807) is 4.40 Å². The molecule has 13 rings (SSSR count). The standard InChI is InChI=1S/C55H33N5O2/c61-55-57-54(56-53-33-38(34-13-3-1-4-14-34)32-49(60(53)55)37-25-28-52-45(30-37)43-19-9-12-22-51(43)62-52)59-47-21-11-7-17-40(47)42-26-23-36(31-50(42)59)35-24-27-48-44(29-35)41-18-8-10-20-46(41)58(48)39-15-5-2-6-16-39/h1-33H. The van der Waals surface area contributed by atoms with Gasteiger partial charge in [0.1, 0.15) is 16.8 Å². The number of rotatable bonds is 5. The summed E-state index contributed by atoms with van der Waals surface area (Å²) < 4.78 is 12.2. The Bertz CT molecular complexity index is 4010. The first-order valence-electron chi connectivity index (χ1n) is 20.7. The highest BCUT2D eigenvalue weighted by molar-refractivity contribution is 6.12. The van der Waals surface area contributed by atoms with Crippen LogP contribution in [0.2, 0.25) is 0 Å². The molecule has 62 heavy (non-hydrogen) atoms. The van der Waals surface area contributed by atoms with Gasteiger partial charge in [-0.2, -0.15) is 9.97 Å². The number of nitrogens with zero attached hydrogens (tertiary/aromatic N) is 5. The number of fused-ring (bicyclic) bond motifs is 10. The third-order valence-corrected chi connectivity index (χ3v) is 12.3. The van der Waals surface area contributed by atoms with Crippen molar-refractivity contribution in [1.82, 2.24) is 23.5 Å². The van der Waals surface area contributed by atoms with E-state index in [2.05, 4.69) is 138 Å². The normalized spacial score (nSPS) is 11.9. The molecule has 0 aliphatic rings. The van der Waals surface area contributed by atoms with Gasteiger partial charge in [-0.3, -0.25) is 4.57 Å². The molecule has 0 aliphatic carbocycles. The molecule has 5 aromatic heterocycles. The van der Waals surface area contributed by atoms with Crippen molar-refractivity contribution < 1.29 is 4.42 Å². The Morgan fingerprint density at radius 1 is 0.371 bits per heavy atom. The molecule has 5 heterocycles. The summed E-state index contributed by atoms with van der Waals surface area (Å²) in [6.45, 7) is 0. The van der Waals surface area contributed by atoms with E-state index in [9.17, 15) is 4.79 Å². The summed E-state index contributed by atoms with van der Waals surface area (Å²) in [5.41, 5.74) is 12.6. The number of hydrogen-bond acceptors (Lipinski definition) is 4. The predicted molar refractivity (Wildman–Crippen MR) is 252 cm³/mol. The summed E-state index contributed by atoms with van der Waals surface area (Å²) in [5.74, 6) is 0.312. The molecule has 0 saturated carbocycles. The van der Waals surface area contributed by atoms with Crippen LogP contribution in [0.3, 0.4) is 0 Å². The van der Waals surface area contributed by atoms with Gasteiger partial charge in [0.2, 0.25) is 5.95 Å². The van der Waals surface area contributed by atoms with Crippen molar-refractivity contribution in [1.29, 1.82) is 0 Å². The Labute approximate surface area is 353 Å². The van der Waals surface area contributed by atoms with Crippen LogP contribution in [0, 0.1) is 0 Å². The zero-order valence-corrected chi connectivity index (χ0v) is 33.1. The van der Waals surface area contributed by atoms with E-state index >= 15 is 0 Å². The van der Waals surface area contributed by atoms with Crippen molar-refractivity contribution in [2.45, 2.75) is 0 Å². The molecular weight excluding hydrogens is 763 g/mol. The van der Waals surface area contributed by atoms with Crippen LogP contribution in [0.25, 0.3) is 116 Å². The second-order valence-electron chi connectivity index (χ2n) is 15.8. The van der Waals surface area contributed by atoms with E-state index in [0.717, 1.165) is 88.3 Å². The molecule has 7 heteroatoms. The summed E-state index contributed by atoms with van der Waals surface area (Å²) in [6, 6.07) is 69.0. The van der Waals surface area contributed by atoms with Gasteiger partial charge in [-0.15, -0.1) is 0 Å².